The molecule has 2 heterocycles. The molecule has 0 aliphatic carbocycles. The molecule has 20 heavy (non-hydrogen) atoms. The smallest absolute Gasteiger partial charge is 0.141 e. The molecule has 0 saturated heterocycles. The normalized spacial score (nSPS) is 18.6. The summed E-state index contributed by atoms with van der Waals surface area (Å²) in [6.07, 6.45) is 0.965. The lowest BCUT2D eigenvalue weighted by Gasteiger charge is -2.13. The summed E-state index contributed by atoms with van der Waals surface area (Å²) in [5.74, 6) is 0.917. The van der Waals surface area contributed by atoms with E-state index in [-0.39, 0.29) is 11.9 Å². The van der Waals surface area contributed by atoms with Crippen molar-refractivity contribution in [3.63, 3.8) is 0 Å². The number of hydrogen-bond acceptors (Lipinski definition) is 3. The van der Waals surface area contributed by atoms with Gasteiger partial charge in [0.15, 0.2) is 0 Å². The number of hydrogen-bond donors (Lipinski definition) is 1. The molecule has 1 aliphatic heterocycles. The van der Waals surface area contributed by atoms with Crippen molar-refractivity contribution in [2.45, 2.75) is 26.0 Å². The van der Waals surface area contributed by atoms with Crippen molar-refractivity contribution in [1.29, 1.82) is 0 Å². The average Bonchev–Trinajstić information content (AvgIpc) is 2.59. The summed E-state index contributed by atoms with van der Waals surface area (Å²) in [6, 6.07) is 5.14. The first-order chi connectivity index (χ1) is 9.56. The van der Waals surface area contributed by atoms with Crippen molar-refractivity contribution in [3.8, 4) is 17.1 Å². The maximum Gasteiger partial charge on any atom is 0.141 e. The van der Waals surface area contributed by atoms with E-state index in [1.807, 2.05) is 6.07 Å². The van der Waals surface area contributed by atoms with E-state index in [9.17, 15) is 5.11 Å². The molecule has 0 radical (unpaired) electrons. The SMILES string of the molecule is C[C@@H]1Cn2c(-c3ccc(O)c(Cl)c3)nc(Br)c2CCO1. The largest absolute Gasteiger partial charge is 0.506 e. The maximum absolute atomic E-state index is 9.53. The van der Waals surface area contributed by atoms with Crippen LogP contribution in [0, 0.1) is 0 Å². The Kier molecular flexibility index (Phi) is 3.75. The molecule has 0 unspecified atom stereocenters. The summed E-state index contributed by atoms with van der Waals surface area (Å²) < 4.78 is 8.70. The molecule has 0 fully saturated rings. The van der Waals surface area contributed by atoms with Gasteiger partial charge < -0.3 is 14.4 Å². The summed E-state index contributed by atoms with van der Waals surface area (Å²) >= 11 is 9.51. The quantitative estimate of drug-likeness (QED) is 0.848. The number of aromatic hydroxyl groups is 1. The lowest BCUT2D eigenvalue weighted by molar-refractivity contribution is 0.0666. The number of ether oxygens (including phenoxy) is 1. The summed E-state index contributed by atoms with van der Waals surface area (Å²) in [4.78, 5) is 4.59. The van der Waals surface area contributed by atoms with Crippen LogP contribution in [0.3, 0.4) is 0 Å². The zero-order valence-corrected chi connectivity index (χ0v) is 13.3. The van der Waals surface area contributed by atoms with Crippen molar-refractivity contribution in [2.24, 2.45) is 0 Å². The number of phenols is 1. The zero-order valence-electron chi connectivity index (χ0n) is 10.9. The Hall–Kier alpha value is -1.04. The molecule has 106 valence electrons. The van der Waals surface area contributed by atoms with E-state index in [1.54, 1.807) is 12.1 Å². The number of phenolic OH excluding ortho intramolecular Hbond substituents is 1. The summed E-state index contributed by atoms with van der Waals surface area (Å²) in [7, 11) is 0. The topological polar surface area (TPSA) is 47.3 Å². The summed E-state index contributed by atoms with van der Waals surface area (Å²) in [6.45, 7) is 3.50. The van der Waals surface area contributed by atoms with E-state index in [4.69, 9.17) is 16.3 Å². The lowest BCUT2D eigenvalue weighted by Crippen LogP contribution is -2.14. The number of fused-ring (bicyclic) bond motifs is 1. The Morgan fingerprint density at radius 1 is 1.50 bits per heavy atom. The molecule has 1 aromatic carbocycles. The summed E-state index contributed by atoms with van der Waals surface area (Å²) in [5, 5.41) is 9.86. The van der Waals surface area contributed by atoms with Crippen LogP contribution in [0.1, 0.15) is 12.6 Å². The van der Waals surface area contributed by atoms with Crippen molar-refractivity contribution in [3.05, 3.63) is 33.5 Å². The van der Waals surface area contributed by atoms with Gasteiger partial charge in [0.25, 0.3) is 0 Å². The fraction of sp³-hybridized carbons (Fsp3) is 0.357. The highest BCUT2D eigenvalue weighted by atomic mass is 79.9. The van der Waals surface area contributed by atoms with Crippen molar-refractivity contribution in [2.75, 3.05) is 6.61 Å². The average molecular weight is 358 g/mol. The molecule has 0 bridgehead atoms. The van der Waals surface area contributed by atoms with E-state index >= 15 is 0 Å². The molecular weight excluding hydrogens is 344 g/mol. The van der Waals surface area contributed by atoms with Gasteiger partial charge in [0, 0.05) is 12.0 Å². The number of nitrogens with zero attached hydrogens (tertiary/aromatic N) is 2. The Balaban J connectivity index is 2.12. The minimum absolute atomic E-state index is 0.0776. The third-order valence-corrected chi connectivity index (χ3v) is 4.35. The van der Waals surface area contributed by atoms with Crippen LogP contribution in [0.5, 0.6) is 5.75 Å². The molecule has 1 N–H and O–H groups in total. The van der Waals surface area contributed by atoms with Gasteiger partial charge in [-0.2, -0.15) is 0 Å². The van der Waals surface area contributed by atoms with E-state index in [0.29, 0.717) is 11.6 Å². The number of benzene rings is 1. The third-order valence-electron chi connectivity index (χ3n) is 3.41. The number of imidazole rings is 1. The second-order valence-electron chi connectivity index (χ2n) is 4.88. The van der Waals surface area contributed by atoms with Gasteiger partial charge in [-0.3, -0.25) is 0 Å². The molecule has 0 amide bonds. The fourth-order valence-corrected chi connectivity index (χ4v) is 3.19. The van der Waals surface area contributed by atoms with Crippen LogP contribution in [0.2, 0.25) is 5.02 Å². The number of rotatable bonds is 1. The molecule has 6 heteroatoms. The van der Waals surface area contributed by atoms with Crippen LogP contribution in [-0.4, -0.2) is 27.4 Å². The molecule has 4 nitrogen and oxygen atoms in total. The van der Waals surface area contributed by atoms with E-state index in [1.165, 1.54) is 0 Å². The van der Waals surface area contributed by atoms with E-state index in [0.717, 1.165) is 34.7 Å². The number of halogens is 2. The first-order valence-corrected chi connectivity index (χ1v) is 7.58. The van der Waals surface area contributed by atoms with Gasteiger partial charge in [0.1, 0.15) is 16.2 Å². The highest BCUT2D eigenvalue weighted by Crippen LogP contribution is 2.32. The third kappa shape index (κ3) is 2.45. The van der Waals surface area contributed by atoms with E-state index in [2.05, 4.69) is 32.4 Å². The minimum atomic E-state index is 0.0776. The highest BCUT2D eigenvalue weighted by Gasteiger charge is 2.22. The van der Waals surface area contributed by atoms with Gasteiger partial charge in [-0.05, 0) is 41.1 Å². The highest BCUT2D eigenvalue weighted by molar-refractivity contribution is 9.10. The monoisotopic (exact) mass is 356 g/mol. The molecule has 1 aromatic heterocycles. The van der Waals surface area contributed by atoms with Crippen LogP contribution in [0.4, 0.5) is 0 Å². The molecular formula is C14H14BrClN2O2. The number of aromatic nitrogens is 2. The molecule has 0 spiro atoms. The Bertz CT molecular complexity index is 657. The molecule has 2 aromatic rings. The van der Waals surface area contributed by atoms with Gasteiger partial charge in [-0.25, -0.2) is 4.98 Å². The van der Waals surface area contributed by atoms with Crippen LogP contribution >= 0.6 is 27.5 Å². The Labute approximate surface area is 130 Å². The van der Waals surface area contributed by atoms with Crippen LogP contribution < -0.4 is 0 Å². The molecule has 1 atom stereocenters. The molecule has 0 saturated carbocycles. The second-order valence-corrected chi connectivity index (χ2v) is 6.04. The Morgan fingerprint density at radius 2 is 2.30 bits per heavy atom. The van der Waals surface area contributed by atoms with Crippen molar-refractivity contribution < 1.29 is 9.84 Å². The predicted octanol–water partition coefficient (Wildman–Crippen LogP) is 3.63. The predicted molar refractivity (Wildman–Crippen MR) is 81.2 cm³/mol. The van der Waals surface area contributed by atoms with Crippen LogP contribution in [0.15, 0.2) is 22.8 Å². The maximum atomic E-state index is 9.53. The first-order valence-electron chi connectivity index (χ1n) is 6.41. The summed E-state index contributed by atoms with van der Waals surface area (Å²) in [5.41, 5.74) is 2.02. The van der Waals surface area contributed by atoms with E-state index < -0.39 is 0 Å². The van der Waals surface area contributed by atoms with Gasteiger partial charge in [0.05, 0.1) is 30.0 Å². The zero-order chi connectivity index (χ0) is 14.3. The van der Waals surface area contributed by atoms with Gasteiger partial charge >= 0.3 is 0 Å². The van der Waals surface area contributed by atoms with Crippen LogP contribution in [-0.2, 0) is 17.7 Å². The standard InChI is InChI=1S/C14H14BrClN2O2/c1-8-7-18-11(4-5-20-8)13(15)17-14(18)9-2-3-12(19)10(16)6-9/h2-3,6,8,19H,4-5,7H2,1H3/t8-/m1/s1. The van der Waals surface area contributed by atoms with Crippen molar-refractivity contribution >= 4 is 27.5 Å². The van der Waals surface area contributed by atoms with Gasteiger partial charge in [0.2, 0.25) is 0 Å². The molecule has 1 aliphatic rings. The lowest BCUT2D eigenvalue weighted by atomic mass is 10.2. The second kappa shape index (κ2) is 5.39. The first kappa shape index (κ1) is 13.9. The van der Waals surface area contributed by atoms with Crippen molar-refractivity contribution in [1.82, 2.24) is 9.55 Å². The Morgan fingerprint density at radius 3 is 3.05 bits per heavy atom. The fourth-order valence-electron chi connectivity index (χ4n) is 2.42. The molecule has 3 rings (SSSR count). The van der Waals surface area contributed by atoms with Gasteiger partial charge in [-0.15, -0.1) is 0 Å². The minimum Gasteiger partial charge on any atom is -0.506 e. The van der Waals surface area contributed by atoms with Crippen LogP contribution in [0.25, 0.3) is 11.4 Å². The van der Waals surface area contributed by atoms with Gasteiger partial charge in [-0.1, -0.05) is 11.6 Å².